The Morgan fingerprint density at radius 3 is 3.00 bits per heavy atom. The topological polar surface area (TPSA) is 49.7 Å². The first-order valence-electron chi connectivity index (χ1n) is 4.09. The molecule has 1 aliphatic carbocycles. The van der Waals surface area contributed by atoms with Crippen LogP contribution in [-0.2, 0) is 4.79 Å². The van der Waals surface area contributed by atoms with Gasteiger partial charge in [0.15, 0.2) is 5.78 Å². The first-order chi connectivity index (χ1) is 5.79. The van der Waals surface area contributed by atoms with Crippen LogP contribution in [0.1, 0.15) is 25.7 Å². The lowest BCUT2D eigenvalue weighted by molar-refractivity contribution is -0.118. The number of nitrogens with zero attached hydrogens (tertiary/aromatic N) is 1. The molecule has 0 spiro atoms. The van der Waals surface area contributed by atoms with Crippen molar-refractivity contribution in [3.63, 3.8) is 0 Å². The van der Waals surface area contributed by atoms with Crippen molar-refractivity contribution in [1.82, 2.24) is 0 Å². The first kappa shape index (κ1) is 9.71. The summed E-state index contributed by atoms with van der Waals surface area (Å²) < 4.78 is 0. The Morgan fingerprint density at radius 1 is 1.67 bits per heavy atom. The third kappa shape index (κ3) is 2.06. The fourth-order valence-electron chi connectivity index (χ4n) is 1.56. The summed E-state index contributed by atoms with van der Waals surface area (Å²) in [5, 5.41) is 12.2. The molecular weight excluding hydrogens is 222 g/mol. The van der Waals surface area contributed by atoms with Gasteiger partial charge < -0.3 is 5.21 Å². The van der Waals surface area contributed by atoms with E-state index in [4.69, 9.17) is 5.21 Å². The van der Waals surface area contributed by atoms with Crippen molar-refractivity contribution in [2.24, 2.45) is 11.1 Å². The van der Waals surface area contributed by atoms with Crippen LogP contribution in [0.3, 0.4) is 0 Å². The number of hydrogen-bond acceptors (Lipinski definition) is 3. The van der Waals surface area contributed by atoms with Crippen LogP contribution in [-0.4, -0.2) is 22.0 Å². The molecule has 1 rings (SSSR count). The van der Waals surface area contributed by atoms with Crippen molar-refractivity contribution in [2.45, 2.75) is 25.7 Å². The first-order valence-corrected chi connectivity index (χ1v) is 5.21. The van der Waals surface area contributed by atoms with Gasteiger partial charge in [-0.15, -0.1) is 0 Å². The Bertz CT molecular complexity index is 203. The molecular formula is C8H12BrNO2. The zero-order valence-electron chi connectivity index (χ0n) is 6.79. The smallest absolute Gasteiger partial charge is 0.152 e. The van der Waals surface area contributed by atoms with Crippen molar-refractivity contribution >= 4 is 27.4 Å². The maximum absolute atomic E-state index is 11.3. The van der Waals surface area contributed by atoms with Crippen molar-refractivity contribution in [2.75, 3.05) is 5.33 Å². The molecule has 0 aromatic heterocycles. The lowest BCUT2D eigenvalue weighted by Gasteiger charge is -2.20. The molecule has 1 aliphatic rings. The zero-order valence-corrected chi connectivity index (χ0v) is 8.38. The highest BCUT2D eigenvalue weighted by molar-refractivity contribution is 9.09. The van der Waals surface area contributed by atoms with E-state index in [-0.39, 0.29) is 11.7 Å². The number of oxime groups is 1. The summed E-state index contributed by atoms with van der Waals surface area (Å²) in [5.41, 5.74) is 0.658. The summed E-state index contributed by atoms with van der Waals surface area (Å²) >= 11 is 3.12. The molecule has 68 valence electrons. The molecule has 0 radical (unpaired) electrons. The number of hydrogen-bond donors (Lipinski definition) is 1. The van der Waals surface area contributed by atoms with Gasteiger partial charge in [0.2, 0.25) is 0 Å². The third-order valence-corrected chi connectivity index (χ3v) is 2.78. The molecule has 0 aliphatic heterocycles. The Balaban J connectivity index is 2.65. The van der Waals surface area contributed by atoms with E-state index < -0.39 is 0 Å². The minimum absolute atomic E-state index is 0.127. The highest BCUT2D eigenvalue weighted by atomic mass is 79.9. The molecule has 1 N–H and O–H groups in total. The molecule has 4 heteroatoms. The van der Waals surface area contributed by atoms with E-state index in [2.05, 4.69) is 21.1 Å². The Kier molecular flexibility index (Phi) is 3.72. The summed E-state index contributed by atoms with van der Waals surface area (Å²) in [4.78, 5) is 11.3. The minimum atomic E-state index is -0.136. The maximum Gasteiger partial charge on any atom is 0.152 e. The summed E-state index contributed by atoms with van der Waals surface area (Å²) in [7, 11) is 0. The molecule has 1 unspecified atom stereocenters. The molecule has 0 saturated heterocycles. The van der Waals surface area contributed by atoms with Gasteiger partial charge >= 0.3 is 0 Å². The molecule has 0 aromatic rings. The van der Waals surface area contributed by atoms with Crippen LogP contribution in [0.25, 0.3) is 0 Å². The molecule has 0 amide bonds. The zero-order chi connectivity index (χ0) is 8.97. The van der Waals surface area contributed by atoms with Crippen molar-refractivity contribution < 1.29 is 10.0 Å². The average molecular weight is 234 g/mol. The van der Waals surface area contributed by atoms with Crippen LogP contribution in [0, 0.1) is 5.92 Å². The van der Waals surface area contributed by atoms with Crippen LogP contribution in [0.15, 0.2) is 5.16 Å². The van der Waals surface area contributed by atoms with Gasteiger partial charge in [0, 0.05) is 0 Å². The van der Waals surface area contributed by atoms with Crippen molar-refractivity contribution in [3.8, 4) is 0 Å². The summed E-state index contributed by atoms with van der Waals surface area (Å²) in [5.74, 6) is -0.00868. The fraction of sp³-hybridized carbons (Fsp3) is 0.750. The van der Waals surface area contributed by atoms with Gasteiger partial charge in [0.05, 0.1) is 17.0 Å². The second-order valence-corrected chi connectivity index (χ2v) is 3.55. The number of carbonyl (C=O) groups excluding carboxylic acids is 1. The van der Waals surface area contributed by atoms with Gasteiger partial charge in [0.1, 0.15) is 0 Å². The largest absolute Gasteiger partial charge is 0.411 e. The maximum atomic E-state index is 11.3. The van der Waals surface area contributed by atoms with Gasteiger partial charge in [0.25, 0.3) is 0 Å². The number of alkyl halides is 1. The number of rotatable bonds is 2. The minimum Gasteiger partial charge on any atom is -0.411 e. The van der Waals surface area contributed by atoms with E-state index in [0.717, 1.165) is 25.7 Å². The quantitative estimate of drug-likeness (QED) is 0.451. The molecule has 1 fully saturated rings. The number of carbonyl (C=O) groups is 1. The predicted octanol–water partition coefficient (Wildman–Crippen LogP) is 1.97. The van der Waals surface area contributed by atoms with E-state index in [0.29, 0.717) is 11.0 Å². The van der Waals surface area contributed by atoms with Gasteiger partial charge in [-0.1, -0.05) is 27.5 Å². The second-order valence-electron chi connectivity index (χ2n) is 2.99. The highest BCUT2D eigenvalue weighted by Crippen LogP contribution is 2.22. The number of Topliss-reactive ketones (excluding diaryl/α,β-unsaturated/α-hetero) is 1. The Hall–Kier alpha value is -0.380. The molecule has 0 aromatic carbocycles. The van der Waals surface area contributed by atoms with Crippen LogP contribution in [0.2, 0.25) is 0 Å². The lowest BCUT2D eigenvalue weighted by Crippen LogP contribution is -2.28. The second kappa shape index (κ2) is 4.60. The number of halogens is 1. The van der Waals surface area contributed by atoms with Gasteiger partial charge in [-0.3, -0.25) is 4.79 Å². The van der Waals surface area contributed by atoms with Crippen LogP contribution in [0.5, 0.6) is 0 Å². The third-order valence-electron chi connectivity index (χ3n) is 2.23. The van der Waals surface area contributed by atoms with Gasteiger partial charge in [-0.25, -0.2) is 0 Å². The van der Waals surface area contributed by atoms with Crippen LogP contribution < -0.4 is 0 Å². The highest BCUT2D eigenvalue weighted by Gasteiger charge is 2.26. The van der Waals surface area contributed by atoms with E-state index >= 15 is 0 Å². The fourth-order valence-corrected chi connectivity index (χ4v) is 1.95. The van der Waals surface area contributed by atoms with E-state index in [9.17, 15) is 4.79 Å². The SMILES string of the molecule is O=C(CBr)C1CCCCC1=NO. The monoisotopic (exact) mass is 233 g/mol. The van der Waals surface area contributed by atoms with Gasteiger partial charge in [-0.2, -0.15) is 0 Å². The number of ketones is 1. The molecule has 1 atom stereocenters. The van der Waals surface area contributed by atoms with Crippen LogP contribution >= 0.6 is 15.9 Å². The van der Waals surface area contributed by atoms with Crippen molar-refractivity contribution in [3.05, 3.63) is 0 Å². The molecule has 0 bridgehead atoms. The summed E-state index contributed by atoms with van der Waals surface area (Å²) in [6.07, 6.45) is 3.69. The van der Waals surface area contributed by atoms with Crippen molar-refractivity contribution in [1.29, 1.82) is 0 Å². The predicted molar refractivity (Wildman–Crippen MR) is 50.0 cm³/mol. The Labute approximate surface area is 80.0 Å². The van der Waals surface area contributed by atoms with E-state index in [1.54, 1.807) is 0 Å². The van der Waals surface area contributed by atoms with E-state index in [1.165, 1.54) is 0 Å². The normalized spacial score (nSPS) is 27.4. The van der Waals surface area contributed by atoms with Gasteiger partial charge in [-0.05, 0) is 19.3 Å². The standard InChI is InChI=1S/C8H12BrNO2/c9-5-8(11)6-3-1-2-4-7(6)10-12/h6,12H,1-5H2. The average Bonchev–Trinajstić information content (AvgIpc) is 2.16. The lowest BCUT2D eigenvalue weighted by atomic mass is 9.85. The summed E-state index contributed by atoms with van der Waals surface area (Å²) in [6.45, 7) is 0. The summed E-state index contributed by atoms with van der Waals surface area (Å²) in [6, 6.07) is 0. The van der Waals surface area contributed by atoms with Crippen LogP contribution in [0.4, 0.5) is 0 Å². The molecule has 3 nitrogen and oxygen atoms in total. The van der Waals surface area contributed by atoms with E-state index in [1.807, 2.05) is 0 Å². The Morgan fingerprint density at radius 2 is 2.42 bits per heavy atom. The molecule has 0 heterocycles. The molecule has 12 heavy (non-hydrogen) atoms. The molecule has 1 saturated carbocycles.